The van der Waals surface area contributed by atoms with Crippen LogP contribution in [0.5, 0.6) is 0 Å². The molecule has 0 radical (unpaired) electrons. The summed E-state index contributed by atoms with van der Waals surface area (Å²) in [5.74, 6) is 0. The Labute approximate surface area is 61.4 Å². The maximum absolute atomic E-state index is 12.4. The lowest BCUT2D eigenvalue weighted by molar-refractivity contribution is 0.253. The third-order valence-electron chi connectivity index (χ3n) is 1.92. The molecule has 60 valence electrons. The van der Waals surface area contributed by atoms with Crippen LogP contribution in [0.25, 0.3) is 0 Å². The van der Waals surface area contributed by atoms with Crippen LogP contribution in [0, 0.1) is 0 Å². The maximum atomic E-state index is 12.4. The van der Waals surface area contributed by atoms with Crippen molar-refractivity contribution in [1.82, 2.24) is 0 Å². The van der Waals surface area contributed by atoms with Crippen molar-refractivity contribution in [3.8, 4) is 0 Å². The van der Waals surface area contributed by atoms with Crippen molar-refractivity contribution in [3.63, 3.8) is 0 Å². The molecular formula is C6H11FO2S. The van der Waals surface area contributed by atoms with Crippen LogP contribution in [0.3, 0.4) is 0 Å². The number of thiol groups is 1. The predicted octanol–water partition coefficient (Wildman–Crippen LogP) is 0.879. The van der Waals surface area contributed by atoms with Crippen LogP contribution < -0.4 is 0 Å². The Morgan fingerprint density at radius 2 is 1.60 bits per heavy atom. The molecule has 0 atom stereocenters. The summed E-state index contributed by atoms with van der Waals surface area (Å²) in [6.07, 6.45) is 1.12. The fourth-order valence-corrected chi connectivity index (χ4v) is 1.97. The van der Waals surface area contributed by atoms with Crippen molar-refractivity contribution in [2.45, 2.75) is 37.1 Å². The second-order valence-corrected chi connectivity index (χ2v) is 3.99. The number of alkyl halides is 1. The summed E-state index contributed by atoms with van der Waals surface area (Å²) in [7, 11) is -2.30. The summed E-state index contributed by atoms with van der Waals surface area (Å²) in [5, 5.41) is -0.248. The summed E-state index contributed by atoms with van der Waals surface area (Å²) >= 11 is 0. The van der Waals surface area contributed by atoms with Gasteiger partial charge >= 0.3 is 0 Å². The predicted molar refractivity (Wildman–Crippen MR) is 37.5 cm³/mol. The molecule has 1 saturated carbocycles. The van der Waals surface area contributed by atoms with Gasteiger partial charge < -0.3 is 0 Å². The summed E-state index contributed by atoms with van der Waals surface area (Å²) < 4.78 is 33.2. The molecular weight excluding hydrogens is 155 g/mol. The van der Waals surface area contributed by atoms with Crippen LogP contribution in [-0.4, -0.2) is 19.8 Å². The molecule has 4 heteroatoms. The van der Waals surface area contributed by atoms with Crippen LogP contribution in [-0.2, 0) is 10.7 Å². The summed E-state index contributed by atoms with van der Waals surface area (Å²) in [6, 6.07) is 0. The Morgan fingerprint density at radius 1 is 1.10 bits per heavy atom. The lowest BCUT2D eigenvalue weighted by Gasteiger charge is -2.18. The fraction of sp³-hybridized carbons (Fsp3) is 1.00. The highest BCUT2D eigenvalue weighted by atomic mass is 32.2. The maximum Gasteiger partial charge on any atom is 0.143 e. The van der Waals surface area contributed by atoms with Crippen molar-refractivity contribution < 1.29 is 12.8 Å². The lowest BCUT2D eigenvalue weighted by Crippen LogP contribution is -2.20. The average Bonchev–Trinajstić information content (AvgIpc) is 1.88. The van der Waals surface area contributed by atoms with Crippen molar-refractivity contribution in [3.05, 3.63) is 0 Å². The minimum Gasteiger partial charge on any atom is -0.247 e. The van der Waals surface area contributed by atoms with Gasteiger partial charge in [-0.1, -0.05) is 0 Å². The van der Waals surface area contributed by atoms with E-state index in [1.54, 1.807) is 0 Å². The van der Waals surface area contributed by atoms with Gasteiger partial charge in [0.25, 0.3) is 0 Å². The van der Waals surface area contributed by atoms with Crippen molar-refractivity contribution >= 4 is 10.7 Å². The van der Waals surface area contributed by atoms with Crippen LogP contribution in [0.2, 0.25) is 0 Å². The highest BCUT2D eigenvalue weighted by molar-refractivity contribution is 7.73. The number of hydrogen-bond donors (Lipinski definition) is 1. The molecule has 0 aromatic rings. The number of rotatable bonds is 1. The van der Waals surface area contributed by atoms with E-state index < -0.39 is 16.9 Å². The standard InChI is InChI=1S/C6H11FO2S/c7-5-1-3-6(4-2-5)10(8)9/h5-6,10H,1-4H2. The quantitative estimate of drug-likeness (QED) is 0.587. The van der Waals surface area contributed by atoms with E-state index in [-0.39, 0.29) is 5.25 Å². The molecule has 0 bridgehead atoms. The Kier molecular flexibility index (Phi) is 2.65. The van der Waals surface area contributed by atoms with Crippen molar-refractivity contribution in [1.29, 1.82) is 0 Å². The minimum absolute atomic E-state index is 0.248. The molecule has 2 nitrogen and oxygen atoms in total. The van der Waals surface area contributed by atoms with E-state index in [0.29, 0.717) is 25.7 Å². The van der Waals surface area contributed by atoms with E-state index in [1.165, 1.54) is 0 Å². The van der Waals surface area contributed by atoms with E-state index >= 15 is 0 Å². The molecule has 1 rings (SSSR count). The van der Waals surface area contributed by atoms with Crippen LogP contribution >= 0.6 is 0 Å². The van der Waals surface area contributed by atoms with E-state index in [2.05, 4.69) is 0 Å². The Hall–Kier alpha value is -0.120. The van der Waals surface area contributed by atoms with Gasteiger partial charge in [-0.15, -0.1) is 0 Å². The molecule has 1 aliphatic carbocycles. The van der Waals surface area contributed by atoms with E-state index in [0.717, 1.165) is 0 Å². The first kappa shape index (κ1) is 7.98. The Morgan fingerprint density at radius 3 is 2.00 bits per heavy atom. The zero-order valence-electron chi connectivity index (χ0n) is 5.62. The second-order valence-electron chi connectivity index (χ2n) is 2.69. The molecule has 0 unspecified atom stereocenters. The highest BCUT2D eigenvalue weighted by Gasteiger charge is 2.21. The molecule has 0 saturated heterocycles. The van der Waals surface area contributed by atoms with Gasteiger partial charge in [-0.2, -0.15) is 0 Å². The summed E-state index contributed by atoms with van der Waals surface area (Å²) in [6.45, 7) is 0. The Balaban J connectivity index is 2.40. The van der Waals surface area contributed by atoms with Gasteiger partial charge in [-0.3, -0.25) is 0 Å². The first-order valence-electron chi connectivity index (χ1n) is 3.47. The molecule has 10 heavy (non-hydrogen) atoms. The van der Waals surface area contributed by atoms with E-state index in [9.17, 15) is 12.8 Å². The first-order chi connectivity index (χ1) is 4.70. The second kappa shape index (κ2) is 3.32. The molecule has 1 fully saturated rings. The van der Waals surface area contributed by atoms with Gasteiger partial charge in [-0.05, 0) is 25.7 Å². The third-order valence-corrected chi connectivity index (χ3v) is 3.04. The van der Waals surface area contributed by atoms with E-state index in [4.69, 9.17) is 0 Å². The molecule has 0 spiro atoms. The highest BCUT2D eigenvalue weighted by Crippen LogP contribution is 2.22. The molecule has 0 N–H and O–H groups in total. The SMILES string of the molecule is O=[SH](=O)C1CCC(F)CC1. The van der Waals surface area contributed by atoms with Gasteiger partial charge in [0.15, 0.2) is 0 Å². The molecule has 0 amide bonds. The molecule has 0 heterocycles. The number of halogens is 1. The fourth-order valence-electron chi connectivity index (χ4n) is 1.25. The van der Waals surface area contributed by atoms with Crippen LogP contribution in [0.4, 0.5) is 4.39 Å². The minimum atomic E-state index is -2.30. The largest absolute Gasteiger partial charge is 0.247 e. The normalized spacial score (nSPS) is 34.6. The van der Waals surface area contributed by atoms with Gasteiger partial charge in [0.05, 0.1) is 5.25 Å². The first-order valence-corrected chi connectivity index (χ1v) is 4.72. The third kappa shape index (κ3) is 1.94. The van der Waals surface area contributed by atoms with Gasteiger partial charge in [-0.25, -0.2) is 12.8 Å². The Bertz CT molecular complexity index is 163. The smallest absolute Gasteiger partial charge is 0.143 e. The van der Waals surface area contributed by atoms with Crippen molar-refractivity contribution in [2.75, 3.05) is 0 Å². The van der Waals surface area contributed by atoms with Gasteiger partial charge in [0, 0.05) is 0 Å². The lowest BCUT2D eigenvalue weighted by atomic mass is 9.99. The average molecular weight is 166 g/mol. The summed E-state index contributed by atoms with van der Waals surface area (Å²) in [4.78, 5) is 0. The topological polar surface area (TPSA) is 34.1 Å². The van der Waals surface area contributed by atoms with Gasteiger partial charge in [0.1, 0.15) is 16.9 Å². The number of hydrogen-bond acceptors (Lipinski definition) is 2. The zero-order valence-corrected chi connectivity index (χ0v) is 6.52. The van der Waals surface area contributed by atoms with Crippen LogP contribution in [0.15, 0.2) is 0 Å². The molecule has 1 aliphatic rings. The molecule has 0 aromatic heterocycles. The van der Waals surface area contributed by atoms with E-state index in [1.807, 2.05) is 0 Å². The zero-order chi connectivity index (χ0) is 7.56. The summed E-state index contributed by atoms with van der Waals surface area (Å²) in [5.41, 5.74) is 0. The van der Waals surface area contributed by atoms with Gasteiger partial charge in [0.2, 0.25) is 0 Å². The molecule has 0 aromatic carbocycles. The monoisotopic (exact) mass is 166 g/mol. The van der Waals surface area contributed by atoms with Crippen molar-refractivity contribution in [2.24, 2.45) is 0 Å². The van der Waals surface area contributed by atoms with Crippen LogP contribution in [0.1, 0.15) is 25.7 Å². The molecule has 0 aliphatic heterocycles.